The van der Waals surface area contributed by atoms with Crippen molar-refractivity contribution in [2.75, 3.05) is 20.3 Å². The summed E-state index contributed by atoms with van der Waals surface area (Å²) in [5, 5.41) is 0. The Bertz CT molecular complexity index is 81.1. The Kier molecular flexibility index (Phi) is 3.21. The molecule has 1 aliphatic heterocycles. The van der Waals surface area contributed by atoms with Crippen LogP contribution in [0.3, 0.4) is 0 Å². The van der Waals surface area contributed by atoms with Gasteiger partial charge in [-0.25, -0.2) is 3.11 Å². The van der Waals surface area contributed by atoms with Gasteiger partial charge < -0.3 is 4.74 Å². The van der Waals surface area contributed by atoms with Crippen LogP contribution in [0.2, 0.25) is 0 Å². The number of nitrogens with zero attached hydrogens (tertiary/aromatic N) is 1. The van der Waals surface area contributed by atoms with Crippen LogP contribution in [-0.2, 0) is 4.74 Å². The Balaban J connectivity index is 2.23. The Labute approximate surface area is 70.0 Å². The van der Waals surface area contributed by atoms with Crippen LogP contribution < -0.4 is 0 Å². The molecule has 0 aromatic rings. The zero-order valence-electron chi connectivity index (χ0n) is 5.64. The minimum absolute atomic E-state index is 0.749. The van der Waals surface area contributed by atoms with Crippen molar-refractivity contribution in [3.05, 3.63) is 0 Å². The largest absolute Gasteiger partial charge is 0.381 e. The van der Waals surface area contributed by atoms with E-state index in [2.05, 4.69) is 33.0 Å². The van der Waals surface area contributed by atoms with E-state index in [0.717, 1.165) is 19.3 Å². The summed E-state index contributed by atoms with van der Waals surface area (Å²) in [6.07, 6.45) is 2.39. The minimum atomic E-state index is 0.749. The van der Waals surface area contributed by atoms with Gasteiger partial charge in [0.25, 0.3) is 0 Å². The van der Waals surface area contributed by atoms with E-state index >= 15 is 0 Å². The van der Waals surface area contributed by atoms with Crippen LogP contribution in [0, 0.1) is 0 Å². The van der Waals surface area contributed by atoms with E-state index in [4.69, 9.17) is 4.74 Å². The maximum absolute atomic E-state index is 5.22. The number of hydrogen-bond donors (Lipinski definition) is 0. The van der Waals surface area contributed by atoms with E-state index in [1.165, 1.54) is 12.8 Å². The van der Waals surface area contributed by atoms with E-state index in [1.807, 2.05) is 0 Å². The summed E-state index contributed by atoms with van der Waals surface area (Å²) < 4.78 is 7.47. The third-order valence-corrected chi connectivity index (χ3v) is 2.48. The van der Waals surface area contributed by atoms with Gasteiger partial charge >= 0.3 is 0 Å². The molecule has 54 valence electrons. The fraction of sp³-hybridized carbons (Fsp3) is 1.00. The third kappa shape index (κ3) is 2.39. The lowest BCUT2D eigenvalue weighted by Crippen LogP contribution is -2.29. The molecule has 1 heterocycles. The van der Waals surface area contributed by atoms with Crippen molar-refractivity contribution in [3.63, 3.8) is 0 Å². The minimum Gasteiger partial charge on any atom is -0.381 e. The number of ether oxygens (including phenoxy) is 1. The van der Waals surface area contributed by atoms with Gasteiger partial charge in [-0.15, -0.1) is 0 Å². The Hall–Kier alpha value is 0.650. The molecule has 1 saturated heterocycles. The molecule has 0 N–H and O–H groups in total. The van der Waals surface area contributed by atoms with Gasteiger partial charge in [-0.2, -0.15) is 0 Å². The van der Waals surface area contributed by atoms with E-state index < -0.39 is 0 Å². The van der Waals surface area contributed by atoms with Crippen molar-refractivity contribution < 1.29 is 4.74 Å². The van der Waals surface area contributed by atoms with Crippen LogP contribution in [-0.4, -0.2) is 29.4 Å². The van der Waals surface area contributed by atoms with Gasteiger partial charge in [0.1, 0.15) is 0 Å². The zero-order chi connectivity index (χ0) is 6.69. The lowest BCUT2D eigenvalue weighted by molar-refractivity contribution is 0.0683. The monoisotopic (exact) mass is 241 g/mol. The highest BCUT2D eigenvalue weighted by Crippen LogP contribution is 2.15. The van der Waals surface area contributed by atoms with Gasteiger partial charge in [0.15, 0.2) is 0 Å². The fourth-order valence-corrected chi connectivity index (χ4v) is 1.60. The Morgan fingerprint density at radius 2 is 2.00 bits per heavy atom. The van der Waals surface area contributed by atoms with E-state index in [9.17, 15) is 0 Å². The van der Waals surface area contributed by atoms with Crippen molar-refractivity contribution in [2.24, 2.45) is 0 Å². The molecule has 2 nitrogen and oxygen atoms in total. The average molecular weight is 241 g/mol. The third-order valence-electron chi connectivity index (χ3n) is 1.69. The highest BCUT2D eigenvalue weighted by molar-refractivity contribution is 14.1. The highest BCUT2D eigenvalue weighted by atomic mass is 127. The van der Waals surface area contributed by atoms with E-state index in [1.54, 1.807) is 0 Å². The second-order valence-corrected chi connectivity index (χ2v) is 3.89. The maximum Gasteiger partial charge on any atom is 0.0481 e. The van der Waals surface area contributed by atoms with Crippen LogP contribution in [0.1, 0.15) is 12.8 Å². The van der Waals surface area contributed by atoms with Gasteiger partial charge in [-0.3, -0.25) is 0 Å². The summed E-state index contributed by atoms with van der Waals surface area (Å²) in [6.45, 7) is 1.88. The van der Waals surface area contributed by atoms with Crippen molar-refractivity contribution >= 4 is 22.9 Å². The molecular weight excluding hydrogens is 229 g/mol. The lowest BCUT2D eigenvalue weighted by atomic mass is 10.1. The second kappa shape index (κ2) is 3.73. The summed E-state index contributed by atoms with van der Waals surface area (Å²) in [6, 6.07) is 0.749. The quantitative estimate of drug-likeness (QED) is 0.509. The Morgan fingerprint density at radius 1 is 1.44 bits per heavy atom. The fourth-order valence-electron chi connectivity index (χ4n) is 1.04. The molecule has 0 bridgehead atoms. The first-order chi connectivity index (χ1) is 4.30. The molecule has 9 heavy (non-hydrogen) atoms. The number of halogens is 1. The van der Waals surface area contributed by atoms with Crippen molar-refractivity contribution in [1.29, 1.82) is 0 Å². The molecule has 0 amide bonds. The molecule has 0 spiro atoms. The van der Waals surface area contributed by atoms with Crippen LogP contribution >= 0.6 is 22.9 Å². The molecule has 0 radical (unpaired) electrons. The first kappa shape index (κ1) is 7.75. The van der Waals surface area contributed by atoms with Crippen molar-refractivity contribution in [1.82, 2.24) is 3.11 Å². The molecule has 1 fully saturated rings. The predicted octanol–water partition coefficient (Wildman–Crippen LogP) is 1.45. The molecule has 1 rings (SSSR count). The van der Waals surface area contributed by atoms with Gasteiger partial charge in [0, 0.05) is 42.1 Å². The summed E-state index contributed by atoms with van der Waals surface area (Å²) in [5.41, 5.74) is 0. The molecule has 0 saturated carbocycles. The normalized spacial score (nSPS) is 23.0. The molecule has 0 aromatic heterocycles. The van der Waals surface area contributed by atoms with Crippen LogP contribution in [0.5, 0.6) is 0 Å². The molecule has 0 unspecified atom stereocenters. The van der Waals surface area contributed by atoms with E-state index in [0.29, 0.717) is 0 Å². The topological polar surface area (TPSA) is 12.5 Å². The molecule has 0 aliphatic carbocycles. The van der Waals surface area contributed by atoms with Gasteiger partial charge in [0.05, 0.1) is 0 Å². The molecule has 0 aromatic carbocycles. The SMILES string of the molecule is CN(I)C1CCOCC1. The number of rotatable bonds is 1. The molecule has 0 atom stereocenters. The summed E-state index contributed by atoms with van der Waals surface area (Å²) in [4.78, 5) is 0. The summed E-state index contributed by atoms with van der Waals surface area (Å²) in [7, 11) is 2.12. The van der Waals surface area contributed by atoms with Crippen LogP contribution in [0.25, 0.3) is 0 Å². The summed E-state index contributed by atoms with van der Waals surface area (Å²) in [5.74, 6) is 0. The lowest BCUT2D eigenvalue weighted by Gasteiger charge is -2.26. The predicted molar refractivity (Wildman–Crippen MR) is 45.6 cm³/mol. The molecule has 1 aliphatic rings. The second-order valence-electron chi connectivity index (χ2n) is 2.37. The average Bonchev–Trinajstić information content (AvgIpc) is 1.90. The standard InChI is InChI=1S/C6H12INO/c1-8(7)6-2-4-9-5-3-6/h6H,2-5H2,1H3. The first-order valence-corrected chi connectivity index (χ1v) is 4.23. The molecular formula is C6H12INO. The van der Waals surface area contributed by atoms with Gasteiger partial charge in [0.2, 0.25) is 0 Å². The van der Waals surface area contributed by atoms with Crippen LogP contribution in [0.15, 0.2) is 0 Å². The van der Waals surface area contributed by atoms with Gasteiger partial charge in [-0.1, -0.05) is 0 Å². The highest BCUT2D eigenvalue weighted by Gasteiger charge is 2.15. The van der Waals surface area contributed by atoms with E-state index in [-0.39, 0.29) is 0 Å². The summed E-state index contributed by atoms with van der Waals surface area (Å²) >= 11 is 2.34. The number of hydrogen-bond acceptors (Lipinski definition) is 2. The molecule has 3 heteroatoms. The maximum atomic E-state index is 5.22. The van der Waals surface area contributed by atoms with Gasteiger partial charge in [-0.05, 0) is 19.9 Å². The smallest absolute Gasteiger partial charge is 0.0481 e. The zero-order valence-corrected chi connectivity index (χ0v) is 7.80. The van der Waals surface area contributed by atoms with Crippen molar-refractivity contribution in [2.45, 2.75) is 18.9 Å². The first-order valence-electron chi connectivity index (χ1n) is 3.27. The van der Waals surface area contributed by atoms with Crippen molar-refractivity contribution in [3.8, 4) is 0 Å². The Morgan fingerprint density at radius 3 is 2.33 bits per heavy atom. The van der Waals surface area contributed by atoms with Crippen LogP contribution in [0.4, 0.5) is 0 Å².